The van der Waals surface area contributed by atoms with Crippen molar-refractivity contribution in [3.8, 4) is 0 Å². The van der Waals surface area contributed by atoms with Crippen molar-refractivity contribution in [2.45, 2.75) is 19.5 Å². The van der Waals surface area contributed by atoms with Gasteiger partial charge in [-0.1, -0.05) is 53.7 Å². The Bertz CT molecular complexity index is 1260. The summed E-state index contributed by atoms with van der Waals surface area (Å²) in [5, 5.41) is 8.08. The van der Waals surface area contributed by atoms with Gasteiger partial charge in [-0.2, -0.15) is 0 Å². The Labute approximate surface area is 166 Å². The van der Waals surface area contributed by atoms with E-state index in [0.29, 0.717) is 18.7 Å². The number of aromatic nitrogens is 5. The maximum atomic E-state index is 12.8. The van der Waals surface area contributed by atoms with Crippen molar-refractivity contribution in [1.29, 1.82) is 0 Å². The van der Waals surface area contributed by atoms with E-state index in [1.165, 1.54) is 10.9 Å². The van der Waals surface area contributed by atoms with Crippen LogP contribution in [0.25, 0.3) is 11.2 Å². The van der Waals surface area contributed by atoms with Crippen LogP contribution in [0.1, 0.15) is 11.1 Å². The van der Waals surface area contributed by atoms with Crippen LogP contribution in [0.15, 0.2) is 65.7 Å². The van der Waals surface area contributed by atoms with Gasteiger partial charge in [0.25, 0.3) is 5.56 Å². The zero-order valence-corrected chi connectivity index (χ0v) is 15.6. The Morgan fingerprint density at radius 3 is 2.69 bits per heavy atom. The first-order chi connectivity index (χ1) is 14.2. The Balaban J connectivity index is 1.41. The fourth-order valence-corrected chi connectivity index (χ4v) is 3.69. The molecule has 8 nitrogen and oxygen atoms in total. The number of hydrogen-bond donors (Lipinski definition) is 0. The molecule has 0 saturated carbocycles. The van der Waals surface area contributed by atoms with Gasteiger partial charge in [0.15, 0.2) is 11.2 Å². The van der Waals surface area contributed by atoms with Crippen molar-refractivity contribution in [2.24, 2.45) is 0 Å². The first kappa shape index (κ1) is 17.3. The molecule has 8 heteroatoms. The first-order valence-corrected chi connectivity index (χ1v) is 9.41. The van der Waals surface area contributed by atoms with Gasteiger partial charge >= 0.3 is 0 Å². The number of carbonyl (C=O) groups is 1. The van der Waals surface area contributed by atoms with Crippen molar-refractivity contribution >= 4 is 22.8 Å². The number of rotatable bonds is 4. The number of fused-ring (bicyclic) bond motifs is 2. The molecule has 0 fully saturated rings. The highest BCUT2D eigenvalue weighted by Gasteiger charge is 2.25. The summed E-state index contributed by atoms with van der Waals surface area (Å²) in [5.41, 5.74) is 3.30. The lowest BCUT2D eigenvalue weighted by atomic mass is 10.2. The van der Waals surface area contributed by atoms with E-state index in [4.69, 9.17) is 0 Å². The lowest BCUT2D eigenvalue weighted by Crippen LogP contribution is -2.35. The normalized spacial score (nSPS) is 13.0. The van der Waals surface area contributed by atoms with Gasteiger partial charge in [-0.25, -0.2) is 9.67 Å². The molecule has 0 N–H and O–H groups in total. The SMILES string of the molecule is O=C(Cn1cnc2c(nnn2Cc2ccccc2)c1=O)N1CCc2ccccc21. The van der Waals surface area contributed by atoms with Crippen molar-refractivity contribution in [3.05, 3.63) is 82.4 Å². The Morgan fingerprint density at radius 2 is 1.83 bits per heavy atom. The molecular weight excluding hydrogens is 368 g/mol. The summed E-state index contributed by atoms with van der Waals surface area (Å²) in [6.45, 7) is 1.01. The Morgan fingerprint density at radius 1 is 1.03 bits per heavy atom. The number of anilines is 1. The molecule has 0 bridgehead atoms. The molecule has 0 saturated heterocycles. The summed E-state index contributed by atoms with van der Waals surface area (Å²) in [6, 6.07) is 17.6. The van der Waals surface area contributed by atoms with Crippen molar-refractivity contribution in [2.75, 3.05) is 11.4 Å². The van der Waals surface area contributed by atoms with Crippen LogP contribution in [-0.4, -0.2) is 37.0 Å². The number of para-hydroxylation sites is 1. The van der Waals surface area contributed by atoms with E-state index in [1.807, 2.05) is 54.6 Å². The van der Waals surface area contributed by atoms with Crippen LogP contribution in [0.5, 0.6) is 0 Å². The third-order valence-corrected chi connectivity index (χ3v) is 5.16. The van der Waals surface area contributed by atoms with Crippen molar-refractivity contribution in [3.63, 3.8) is 0 Å². The molecule has 3 heterocycles. The molecule has 1 amide bonds. The Hall–Kier alpha value is -3.81. The third-order valence-electron chi connectivity index (χ3n) is 5.16. The van der Waals surface area contributed by atoms with Gasteiger partial charge in [0.2, 0.25) is 5.91 Å². The molecule has 2 aromatic carbocycles. The largest absolute Gasteiger partial charge is 0.310 e. The lowest BCUT2D eigenvalue weighted by molar-refractivity contribution is -0.119. The van der Waals surface area contributed by atoms with Crippen LogP contribution >= 0.6 is 0 Å². The standard InChI is InChI=1S/C21H18N6O2/c28-18(26-11-10-16-8-4-5-9-17(16)26)13-25-14-22-20-19(21(25)29)23-24-27(20)12-15-6-2-1-3-7-15/h1-9,14H,10-13H2. The van der Waals surface area contributed by atoms with E-state index in [-0.39, 0.29) is 23.5 Å². The Kier molecular flexibility index (Phi) is 4.16. The number of benzene rings is 2. The number of amides is 1. The lowest BCUT2D eigenvalue weighted by Gasteiger charge is -2.17. The molecular formula is C21H18N6O2. The summed E-state index contributed by atoms with van der Waals surface area (Å²) in [6.07, 6.45) is 2.22. The first-order valence-electron chi connectivity index (χ1n) is 9.41. The second-order valence-corrected chi connectivity index (χ2v) is 7.01. The fraction of sp³-hybridized carbons (Fsp3) is 0.190. The maximum Gasteiger partial charge on any atom is 0.283 e. The van der Waals surface area contributed by atoms with Crippen LogP contribution in [0.2, 0.25) is 0 Å². The summed E-state index contributed by atoms with van der Waals surface area (Å²) < 4.78 is 2.89. The minimum Gasteiger partial charge on any atom is -0.310 e. The molecule has 144 valence electrons. The van der Waals surface area contributed by atoms with Gasteiger partial charge in [-0.15, -0.1) is 5.10 Å². The molecule has 5 rings (SSSR count). The highest BCUT2D eigenvalue weighted by Crippen LogP contribution is 2.27. The second kappa shape index (κ2) is 6.97. The van der Waals surface area contributed by atoms with Crippen LogP contribution in [0, 0.1) is 0 Å². The van der Waals surface area contributed by atoms with E-state index in [0.717, 1.165) is 23.2 Å². The van der Waals surface area contributed by atoms with Gasteiger partial charge in [0.1, 0.15) is 12.9 Å². The number of hydrogen-bond acceptors (Lipinski definition) is 5. The van der Waals surface area contributed by atoms with E-state index < -0.39 is 0 Å². The second-order valence-electron chi connectivity index (χ2n) is 7.01. The van der Waals surface area contributed by atoms with Crippen LogP contribution in [-0.2, 0) is 24.3 Å². The smallest absolute Gasteiger partial charge is 0.283 e. The molecule has 2 aromatic heterocycles. The predicted molar refractivity (Wildman–Crippen MR) is 108 cm³/mol. The monoisotopic (exact) mass is 386 g/mol. The number of nitrogens with zero attached hydrogens (tertiary/aromatic N) is 6. The van der Waals surface area contributed by atoms with Gasteiger partial charge in [-0.3, -0.25) is 14.2 Å². The minimum absolute atomic E-state index is 0.0817. The summed E-state index contributed by atoms with van der Waals surface area (Å²) in [5.74, 6) is -0.144. The van der Waals surface area contributed by atoms with Gasteiger partial charge in [0, 0.05) is 12.2 Å². The van der Waals surface area contributed by atoms with E-state index in [9.17, 15) is 9.59 Å². The maximum absolute atomic E-state index is 12.8. The molecule has 1 aliphatic heterocycles. The summed E-state index contributed by atoms with van der Waals surface area (Å²) >= 11 is 0. The van der Waals surface area contributed by atoms with Crippen LogP contribution < -0.4 is 10.5 Å². The summed E-state index contributed by atoms with van der Waals surface area (Å²) in [4.78, 5) is 31.7. The molecule has 0 atom stereocenters. The van der Waals surface area contributed by atoms with Crippen molar-refractivity contribution in [1.82, 2.24) is 24.5 Å². The van der Waals surface area contributed by atoms with E-state index in [1.54, 1.807) is 9.58 Å². The zero-order chi connectivity index (χ0) is 19.8. The highest BCUT2D eigenvalue weighted by molar-refractivity contribution is 5.95. The third kappa shape index (κ3) is 3.08. The van der Waals surface area contributed by atoms with Gasteiger partial charge in [0.05, 0.1) is 6.54 Å². The van der Waals surface area contributed by atoms with E-state index >= 15 is 0 Å². The topological polar surface area (TPSA) is 85.9 Å². The molecule has 0 unspecified atom stereocenters. The van der Waals surface area contributed by atoms with Gasteiger partial charge < -0.3 is 4.90 Å². The quantitative estimate of drug-likeness (QED) is 0.532. The van der Waals surface area contributed by atoms with Crippen LogP contribution in [0.4, 0.5) is 5.69 Å². The molecule has 0 aliphatic carbocycles. The molecule has 0 radical (unpaired) electrons. The molecule has 1 aliphatic rings. The van der Waals surface area contributed by atoms with E-state index in [2.05, 4.69) is 15.3 Å². The fourth-order valence-electron chi connectivity index (χ4n) is 3.69. The highest BCUT2D eigenvalue weighted by atomic mass is 16.2. The van der Waals surface area contributed by atoms with Gasteiger partial charge in [-0.05, 0) is 23.6 Å². The number of carbonyl (C=O) groups excluding carboxylic acids is 1. The molecule has 4 aromatic rings. The molecule has 0 spiro atoms. The minimum atomic E-state index is -0.366. The summed E-state index contributed by atoms with van der Waals surface area (Å²) in [7, 11) is 0. The average molecular weight is 386 g/mol. The molecule has 29 heavy (non-hydrogen) atoms. The zero-order valence-electron chi connectivity index (χ0n) is 15.6. The van der Waals surface area contributed by atoms with Crippen molar-refractivity contribution < 1.29 is 4.79 Å². The van der Waals surface area contributed by atoms with Crippen LogP contribution in [0.3, 0.4) is 0 Å². The predicted octanol–water partition coefficient (Wildman–Crippen LogP) is 1.63. The average Bonchev–Trinajstić information content (AvgIpc) is 3.36.